The maximum atomic E-state index is 11.7. The number of fused-ring (bicyclic) bond motifs is 1. The second-order valence-corrected chi connectivity index (χ2v) is 6.16. The standard InChI is InChI=1S/C17H23N3O3/c1-11-8-12(18)16-13(19-11)6-5-7-14(16)23-10-17(2,3)20-15(21)9-22-4/h5-8H,9-10H2,1-4H3,(H2,18,19)(H,20,21). The van der Waals surface area contributed by atoms with E-state index < -0.39 is 5.54 Å². The summed E-state index contributed by atoms with van der Waals surface area (Å²) in [6, 6.07) is 7.45. The van der Waals surface area contributed by atoms with Crippen molar-refractivity contribution in [2.24, 2.45) is 0 Å². The summed E-state index contributed by atoms with van der Waals surface area (Å²) in [5.74, 6) is 0.470. The van der Waals surface area contributed by atoms with Crippen molar-refractivity contribution in [3.05, 3.63) is 30.0 Å². The van der Waals surface area contributed by atoms with Crippen LogP contribution in [0.3, 0.4) is 0 Å². The number of benzene rings is 1. The van der Waals surface area contributed by atoms with Gasteiger partial charge in [-0.2, -0.15) is 0 Å². The van der Waals surface area contributed by atoms with Gasteiger partial charge in [0.05, 0.1) is 16.4 Å². The molecule has 0 aliphatic rings. The van der Waals surface area contributed by atoms with Crippen LogP contribution in [0.2, 0.25) is 0 Å². The lowest BCUT2D eigenvalue weighted by atomic mass is 10.1. The van der Waals surface area contributed by atoms with Crippen LogP contribution in [0.1, 0.15) is 19.5 Å². The Morgan fingerprint density at radius 1 is 1.39 bits per heavy atom. The number of hydrogen-bond acceptors (Lipinski definition) is 5. The van der Waals surface area contributed by atoms with Gasteiger partial charge >= 0.3 is 0 Å². The van der Waals surface area contributed by atoms with Gasteiger partial charge in [-0.3, -0.25) is 9.78 Å². The molecule has 3 N–H and O–H groups in total. The molecule has 2 aromatic rings. The van der Waals surface area contributed by atoms with E-state index in [1.807, 2.05) is 45.0 Å². The van der Waals surface area contributed by atoms with Crippen LogP contribution in [-0.2, 0) is 9.53 Å². The van der Waals surface area contributed by atoms with Crippen LogP contribution in [0.4, 0.5) is 5.69 Å². The van der Waals surface area contributed by atoms with Crippen LogP contribution in [0.25, 0.3) is 10.9 Å². The third kappa shape index (κ3) is 4.32. The number of carbonyl (C=O) groups is 1. The van der Waals surface area contributed by atoms with E-state index in [1.165, 1.54) is 7.11 Å². The van der Waals surface area contributed by atoms with Gasteiger partial charge in [-0.15, -0.1) is 0 Å². The first-order chi connectivity index (χ1) is 10.8. The Morgan fingerprint density at radius 3 is 2.83 bits per heavy atom. The van der Waals surface area contributed by atoms with E-state index in [0.29, 0.717) is 18.0 Å². The van der Waals surface area contributed by atoms with Crippen molar-refractivity contribution in [2.45, 2.75) is 26.3 Å². The number of aromatic nitrogens is 1. The Morgan fingerprint density at radius 2 is 2.13 bits per heavy atom. The number of methoxy groups -OCH3 is 1. The molecule has 1 amide bonds. The van der Waals surface area contributed by atoms with Gasteiger partial charge in [-0.05, 0) is 39.0 Å². The summed E-state index contributed by atoms with van der Waals surface area (Å²) in [4.78, 5) is 16.1. The normalized spacial score (nSPS) is 11.5. The zero-order valence-corrected chi connectivity index (χ0v) is 14.0. The molecule has 0 spiro atoms. The van der Waals surface area contributed by atoms with Crippen LogP contribution in [0, 0.1) is 6.92 Å². The Labute approximate surface area is 136 Å². The molecule has 6 nitrogen and oxygen atoms in total. The van der Waals surface area contributed by atoms with E-state index in [4.69, 9.17) is 15.2 Å². The number of nitrogens with zero attached hydrogens (tertiary/aromatic N) is 1. The molecule has 124 valence electrons. The van der Waals surface area contributed by atoms with Gasteiger partial charge in [-0.1, -0.05) is 6.07 Å². The van der Waals surface area contributed by atoms with Gasteiger partial charge < -0.3 is 20.5 Å². The SMILES string of the molecule is COCC(=O)NC(C)(C)COc1cccc2nc(C)cc(N)c12. The minimum Gasteiger partial charge on any atom is -0.490 e. The van der Waals surface area contributed by atoms with Crippen LogP contribution in [-0.4, -0.2) is 36.8 Å². The fourth-order valence-corrected chi connectivity index (χ4v) is 2.38. The Kier molecular flexibility index (Phi) is 5.05. The van der Waals surface area contributed by atoms with E-state index in [9.17, 15) is 4.79 Å². The number of nitrogens with one attached hydrogen (secondary N) is 1. The van der Waals surface area contributed by atoms with Crippen molar-refractivity contribution in [2.75, 3.05) is 26.1 Å². The summed E-state index contributed by atoms with van der Waals surface area (Å²) in [7, 11) is 1.48. The molecule has 1 heterocycles. The highest BCUT2D eigenvalue weighted by Gasteiger charge is 2.22. The Bertz CT molecular complexity index is 714. The number of anilines is 1. The number of pyridine rings is 1. The van der Waals surface area contributed by atoms with Gasteiger partial charge in [0.25, 0.3) is 0 Å². The quantitative estimate of drug-likeness (QED) is 0.851. The number of ether oxygens (including phenoxy) is 2. The second kappa shape index (κ2) is 6.83. The van der Waals surface area contributed by atoms with Crippen LogP contribution in [0.5, 0.6) is 5.75 Å². The average molecular weight is 317 g/mol. The molecule has 0 atom stereocenters. The molecular formula is C17H23N3O3. The van der Waals surface area contributed by atoms with E-state index in [0.717, 1.165) is 16.6 Å². The molecule has 0 bridgehead atoms. The molecule has 2 rings (SSSR count). The van der Waals surface area contributed by atoms with Crippen molar-refractivity contribution in [3.63, 3.8) is 0 Å². The van der Waals surface area contributed by atoms with Crippen molar-refractivity contribution < 1.29 is 14.3 Å². The molecule has 1 aromatic heterocycles. The molecule has 0 radical (unpaired) electrons. The van der Waals surface area contributed by atoms with Crippen molar-refractivity contribution in [1.82, 2.24) is 10.3 Å². The number of nitrogens with two attached hydrogens (primary N) is 1. The summed E-state index contributed by atoms with van der Waals surface area (Å²) < 4.78 is 10.7. The van der Waals surface area contributed by atoms with E-state index in [2.05, 4.69) is 10.3 Å². The number of carbonyl (C=O) groups excluding carboxylic acids is 1. The number of rotatable bonds is 6. The zero-order valence-electron chi connectivity index (χ0n) is 14.0. The number of nitrogen functional groups attached to an aromatic ring is 1. The summed E-state index contributed by atoms with van der Waals surface area (Å²) >= 11 is 0. The predicted molar refractivity (Wildman–Crippen MR) is 90.5 cm³/mol. The lowest BCUT2D eigenvalue weighted by Crippen LogP contribution is -2.49. The zero-order chi connectivity index (χ0) is 17.0. The van der Waals surface area contributed by atoms with Gasteiger partial charge in [0, 0.05) is 18.5 Å². The average Bonchev–Trinajstić information content (AvgIpc) is 2.44. The molecule has 0 fully saturated rings. The first-order valence-corrected chi connectivity index (χ1v) is 7.41. The molecular weight excluding hydrogens is 294 g/mol. The highest BCUT2D eigenvalue weighted by atomic mass is 16.5. The van der Waals surface area contributed by atoms with Gasteiger partial charge in [-0.25, -0.2) is 0 Å². The maximum absolute atomic E-state index is 11.7. The first kappa shape index (κ1) is 17.0. The third-order valence-electron chi connectivity index (χ3n) is 3.30. The lowest BCUT2D eigenvalue weighted by Gasteiger charge is -2.26. The molecule has 23 heavy (non-hydrogen) atoms. The molecule has 0 unspecified atom stereocenters. The molecule has 0 saturated heterocycles. The fraction of sp³-hybridized carbons (Fsp3) is 0.412. The van der Waals surface area contributed by atoms with Crippen LogP contribution >= 0.6 is 0 Å². The topological polar surface area (TPSA) is 86.5 Å². The predicted octanol–water partition coefficient (Wildman–Crippen LogP) is 2.05. The molecule has 0 saturated carbocycles. The fourth-order valence-electron chi connectivity index (χ4n) is 2.38. The van der Waals surface area contributed by atoms with Crippen LogP contribution in [0.15, 0.2) is 24.3 Å². The van der Waals surface area contributed by atoms with Crippen molar-refractivity contribution in [3.8, 4) is 5.75 Å². The number of hydrogen-bond donors (Lipinski definition) is 2. The third-order valence-corrected chi connectivity index (χ3v) is 3.30. The minimum atomic E-state index is -0.537. The maximum Gasteiger partial charge on any atom is 0.246 e. The highest BCUT2D eigenvalue weighted by Crippen LogP contribution is 2.30. The monoisotopic (exact) mass is 317 g/mol. The number of aryl methyl sites for hydroxylation is 1. The smallest absolute Gasteiger partial charge is 0.246 e. The second-order valence-electron chi connectivity index (χ2n) is 6.16. The molecule has 0 aliphatic carbocycles. The lowest BCUT2D eigenvalue weighted by molar-refractivity contribution is -0.126. The summed E-state index contributed by atoms with van der Waals surface area (Å²) in [6.45, 7) is 6.00. The van der Waals surface area contributed by atoms with E-state index >= 15 is 0 Å². The van der Waals surface area contributed by atoms with Gasteiger partial charge in [0.15, 0.2) is 0 Å². The van der Waals surface area contributed by atoms with Gasteiger partial charge in [0.1, 0.15) is 19.0 Å². The molecule has 6 heteroatoms. The van der Waals surface area contributed by atoms with E-state index in [-0.39, 0.29) is 12.5 Å². The van der Waals surface area contributed by atoms with Crippen molar-refractivity contribution >= 4 is 22.5 Å². The molecule has 1 aromatic carbocycles. The first-order valence-electron chi connectivity index (χ1n) is 7.41. The largest absolute Gasteiger partial charge is 0.490 e. The highest BCUT2D eigenvalue weighted by molar-refractivity contribution is 5.95. The Balaban J connectivity index is 2.17. The minimum absolute atomic E-state index is 0.0217. The van der Waals surface area contributed by atoms with Crippen LogP contribution < -0.4 is 15.8 Å². The van der Waals surface area contributed by atoms with Crippen molar-refractivity contribution in [1.29, 1.82) is 0 Å². The summed E-state index contributed by atoms with van der Waals surface area (Å²) in [6.07, 6.45) is 0. The number of amides is 1. The van der Waals surface area contributed by atoms with E-state index in [1.54, 1.807) is 0 Å². The summed E-state index contributed by atoms with van der Waals surface area (Å²) in [5.41, 5.74) is 7.86. The molecule has 0 aliphatic heterocycles. The Hall–Kier alpha value is -2.34. The van der Waals surface area contributed by atoms with Gasteiger partial charge in [0.2, 0.25) is 5.91 Å². The summed E-state index contributed by atoms with van der Waals surface area (Å²) in [5, 5.41) is 3.65.